The molecule has 1 amide bonds. The van der Waals surface area contributed by atoms with Crippen molar-refractivity contribution in [1.29, 1.82) is 0 Å². The third-order valence-electron chi connectivity index (χ3n) is 6.03. The van der Waals surface area contributed by atoms with Gasteiger partial charge in [-0.25, -0.2) is 5.48 Å². The molecule has 1 atom stereocenters. The van der Waals surface area contributed by atoms with Crippen molar-refractivity contribution in [3.8, 4) is 11.1 Å². The number of nitrogens with one attached hydrogen (secondary N) is 2. The molecule has 3 aromatic rings. The maximum absolute atomic E-state index is 12.5. The third kappa shape index (κ3) is 3.93. The molecule has 1 saturated heterocycles. The van der Waals surface area contributed by atoms with Gasteiger partial charge in [-0.05, 0) is 67.5 Å². The van der Waals surface area contributed by atoms with E-state index in [2.05, 4.69) is 46.1 Å². The molecule has 6 nitrogen and oxygen atoms in total. The molecule has 1 unspecified atom stereocenters. The average Bonchev–Trinajstić information content (AvgIpc) is 3.60. The Morgan fingerprint density at radius 2 is 2.07 bits per heavy atom. The fourth-order valence-corrected chi connectivity index (χ4v) is 4.11. The monoisotopic (exact) mass is 402 g/mol. The molecule has 0 spiro atoms. The number of aromatic nitrogens is 2. The number of carbonyl (C=O) groups excluding carboxylic acids is 1. The Bertz CT molecular complexity index is 1090. The molecule has 2 heterocycles. The van der Waals surface area contributed by atoms with E-state index in [9.17, 15) is 4.79 Å². The van der Waals surface area contributed by atoms with Gasteiger partial charge in [-0.2, -0.15) is 10.2 Å². The highest BCUT2D eigenvalue weighted by Gasteiger charge is 2.24. The summed E-state index contributed by atoms with van der Waals surface area (Å²) < 4.78 is 0. The van der Waals surface area contributed by atoms with Gasteiger partial charge < -0.3 is 10.2 Å². The Hall–Kier alpha value is -2.83. The van der Waals surface area contributed by atoms with E-state index in [-0.39, 0.29) is 11.8 Å². The minimum absolute atomic E-state index is 0.00984. The van der Waals surface area contributed by atoms with Gasteiger partial charge in [-0.3, -0.25) is 4.79 Å². The van der Waals surface area contributed by atoms with Gasteiger partial charge in [-0.1, -0.05) is 18.2 Å². The van der Waals surface area contributed by atoms with Gasteiger partial charge in [0.25, 0.3) is 5.91 Å². The smallest absolute Gasteiger partial charge is 0.251 e. The molecule has 2 aliphatic rings. The third-order valence-corrected chi connectivity index (χ3v) is 6.03. The van der Waals surface area contributed by atoms with Crippen LogP contribution >= 0.6 is 0 Å². The van der Waals surface area contributed by atoms with Crippen LogP contribution in [-0.4, -0.2) is 35.3 Å². The van der Waals surface area contributed by atoms with E-state index >= 15 is 0 Å². The molecule has 1 aliphatic carbocycles. The summed E-state index contributed by atoms with van der Waals surface area (Å²) in [7, 11) is 0. The average molecular weight is 402 g/mol. The van der Waals surface area contributed by atoms with Crippen LogP contribution in [0.3, 0.4) is 0 Å². The van der Waals surface area contributed by atoms with E-state index in [0.29, 0.717) is 11.6 Å². The van der Waals surface area contributed by atoms with Crippen molar-refractivity contribution >= 4 is 16.7 Å². The molecule has 1 aliphatic heterocycles. The Balaban J connectivity index is 1.54. The van der Waals surface area contributed by atoms with Crippen molar-refractivity contribution in [3.63, 3.8) is 0 Å². The number of amides is 1. The lowest BCUT2D eigenvalue weighted by molar-refractivity contribution is 0.0512. The van der Waals surface area contributed by atoms with Crippen molar-refractivity contribution in [2.75, 3.05) is 13.2 Å². The second kappa shape index (κ2) is 8.13. The summed E-state index contributed by atoms with van der Waals surface area (Å²) in [4.78, 5) is 17.9. The highest BCUT2D eigenvalue weighted by atomic mass is 16.6. The molecular formula is C24H26N4O2. The van der Waals surface area contributed by atoms with Gasteiger partial charge >= 0.3 is 0 Å². The number of hydrogen-bond acceptors (Lipinski definition) is 5. The number of rotatable bonds is 4. The first-order chi connectivity index (χ1) is 14.7. The second-order valence-electron chi connectivity index (χ2n) is 8.35. The zero-order chi connectivity index (χ0) is 20.5. The van der Waals surface area contributed by atoms with Gasteiger partial charge in [0.05, 0.1) is 18.5 Å². The summed E-state index contributed by atoms with van der Waals surface area (Å²) in [6.07, 6.45) is 5.99. The van der Waals surface area contributed by atoms with Gasteiger partial charge in [0.2, 0.25) is 0 Å². The Kier molecular flexibility index (Phi) is 5.19. The minimum Gasteiger partial charge on any atom is -0.349 e. The van der Waals surface area contributed by atoms with Crippen molar-refractivity contribution < 1.29 is 9.63 Å². The summed E-state index contributed by atoms with van der Waals surface area (Å²) in [6.45, 7) is 3.53. The predicted molar refractivity (Wildman–Crippen MR) is 116 cm³/mol. The largest absolute Gasteiger partial charge is 0.349 e. The molecule has 2 aromatic carbocycles. The van der Waals surface area contributed by atoms with Gasteiger partial charge in [0, 0.05) is 34.8 Å². The molecule has 0 bridgehead atoms. The van der Waals surface area contributed by atoms with E-state index in [0.717, 1.165) is 72.0 Å². The van der Waals surface area contributed by atoms with E-state index in [1.807, 2.05) is 24.4 Å². The molecule has 5 rings (SSSR count). The lowest BCUT2D eigenvalue weighted by Gasteiger charge is -2.16. The van der Waals surface area contributed by atoms with Gasteiger partial charge in [0.15, 0.2) is 0 Å². The number of benzene rings is 2. The molecule has 154 valence electrons. The van der Waals surface area contributed by atoms with Crippen molar-refractivity contribution in [2.45, 2.75) is 44.6 Å². The summed E-state index contributed by atoms with van der Waals surface area (Å²) in [6, 6.07) is 12.7. The number of nitrogens with zero attached hydrogens (tertiary/aromatic N) is 2. The summed E-state index contributed by atoms with van der Waals surface area (Å²) in [5, 5.41) is 14.0. The summed E-state index contributed by atoms with van der Waals surface area (Å²) in [5.74, 6) is 0.270. The van der Waals surface area contributed by atoms with E-state index in [4.69, 9.17) is 4.84 Å². The Labute approximate surface area is 176 Å². The van der Waals surface area contributed by atoms with E-state index < -0.39 is 0 Å². The Morgan fingerprint density at radius 3 is 2.93 bits per heavy atom. The first-order valence-corrected chi connectivity index (χ1v) is 10.7. The lowest BCUT2D eigenvalue weighted by atomic mass is 9.92. The van der Waals surface area contributed by atoms with Crippen LogP contribution in [0.15, 0.2) is 42.6 Å². The number of aryl methyl sites for hydroxylation is 1. The second-order valence-corrected chi connectivity index (χ2v) is 8.35. The molecular weight excluding hydrogens is 376 g/mol. The van der Waals surface area contributed by atoms with Gasteiger partial charge in [-0.15, -0.1) is 0 Å². The highest BCUT2D eigenvalue weighted by Crippen LogP contribution is 2.32. The molecule has 0 radical (unpaired) electrons. The zero-order valence-electron chi connectivity index (χ0n) is 17.1. The molecule has 2 fully saturated rings. The first kappa shape index (κ1) is 19.2. The van der Waals surface area contributed by atoms with Crippen LogP contribution in [0.25, 0.3) is 21.9 Å². The van der Waals surface area contributed by atoms with E-state index in [1.165, 1.54) is 0 Å². The van der Waals surface area contributed by atoms with Gasteiger partial charge in [0.1, 0.15) is 0 Å². The SMILES string of the molecule is Cc1ccc(C(=O)NC2CC2)cc1-c1ccc2cnnc(C3CCCONC3)c2c1. The molecule has 1 saturated carbocycles. The quantitative estimate of drug-likeness (QED) is 0.692. The van der Waals surface area contributed by atoms with Crippen LogP contribution in [0.4, 0.5) is 0 Å². The van der Waals surface area contributed by atoms with Crippen molar-refractivity contribution in [3.05, 3.63) is 59.4 Å². The van der Waals surface area contributed by atoms with Crippen LogP contribution < -0.4 is 10.8 Å². The Morgan fingerprint density at radius 1 is 1.17 bits per heavy atom. The van der Waals surface area contributed by atoms with Crippen LogP contribution in [0.1, 0.15) is 53.2 Å². The number of hydroxylamine groups is 1. The van der Waals surface area contributed by atoms with Crippen molar-refractivity contribution in [1.82, 2.24) is 21.0 Å². The standard InChI is InChI=1S/C24H26N4O2/c1-15-4-5-17(24(29)27-20-8-9-20)12-21(15)16-6-7-18-13-25-28-23(22(18)11-16)19-3-2-10-30-26-14-19/h4-7,11-13,19-20,26H,2-3,8-10,14H2,1H3,(H,27,29). The normalized spacial score (nSPS) is 19.4. The molecule has 1 aromatic heterocycles. The summed E-state index contributed by atoms with van der Waals surface area (Å²) in [5.41, 5.74) is 8.07. The number of fused-ring (bicyclic) bond motifs is 1. The summed E-state index contributed by atoms with van der Waals surface area (Å²) >= 11 is 0. The lowest BCUT2D eigenvalue weighted by Crippen LogP contribution is -2.25. The maximum Gasteiger partial charge on any atom is 0.251 e. The fraction of sp³-hybridized carbons (Fsp3) is 0.375. The molecule has 2 N–H and O–H groups in total. The van der Waals surface area contributed by atoms with Crippen LogP contribution in [0, 0.1) is 6.92 Å². The van der Waals surface area contributed by atoms with Crippen LogP contribution in [0.5, 0.6) is 0 Å². The minimum atomic E-state index is 0.00984. The first-order valence-electron chi connectivity index (χ1n) is 10.7. The topological polar surface area (TPSA) is 76.1 Å². The maximum atomic E-state index is 12.5. The van der Waals surface area contributed by atoms with Crippen LogP contribution in [0.2, 0.25) is 0 Å². The van der Waals surface area contributed by atoms with Crippen molar-refractivity contribution in [2.24, 2.45) is 0 Å². The highest BCUT2D eigenvalue weighted by molar-refractivity contribution is 5.97. The number of hydrogen-bond donors (Lipinski definition) is 2. The predicted octanol–water partition coefficient (Wildman–Crippen LogP) is 3.90. The fourth-order valence-electron chi connectivity index (χ4n) is 4.11. The molecule has 6 heteroatoms. The number of carbonyl (C=O) groups is 1. The van der Waals surface area contributed by atoms with E-state index in [1.54, 1.807) is 0 Å². The van der Waals surface area contributed by atoms with Crippen LogP contribution in [-0.2, 0) is 4.84 Å². The zero-order valence-corrected chi connectivity index (χ0v) is 17.1. The molecule has 30 heavy (non-hydrogen) atoms.